The number of hydrogen-bond acceptors (Lipinski definition) is 4. The lowest BCUT2D eigenvalue weighted by molar-refractivity contribution is 1.10. The number of nitrogens with one attached hydrogen (secondary N) is 2. The van der Waals surface area contributed by atoms with Crippen molar-refractivity contribution in [1.29, 1.82) is 0 Å². The van der Waals surface area contributed by atoms with Crippen LogP contribution in [0.5, 0.6) is 0 Å². The predicted molar refractivity (Wildman–Crippen MR) is 77.6 cm³/mol. The second-order valence-corrected chi connectivity index (χ2v) is 4.69. The predicted octanol–water partition coefficient (Wildman–Crippen LogP) is 2.82. The lowest BCUT2D eigenvalue weighted by Crippen LogP contribution is -2.10. The van der Waals surface area contributed by atoms with Crippen molar-refractivity contribution < 1.29 is 0 Å². The zero-order chi connectivity index (χ0) is 13.2. The van der Waals surface area contributed by atoms with E-state index in [0.29, 0.717) is 10.3 Å². The fourth-order valence-electron chi connectivity index (χ4n) is 1.81. The maximum absolute atomic E-state index is 11.5. The third kappa shape index (κ3) is 2.22. The number of rotatable bonds is 2. The highest BCUT2D eigenvalue weighted by Gasteiger charge is 2.07. The summed E-state index contributed by atoms with van der Waals surface area (Å²) in [6.07, 6.45) is 3.10. The highest BCUT2D eigenvalue weighted by molar-refractivity contribution is 9.10. The molecule has 0 unspecified atom stereocenters. The standard InChI is InChI=1S/C13H9BrN4O/c14-11-12(16-7-17-13(11)19)18-10-5-1-4-9-8(10)3-2-6-15-9/h1-7H,(H2,16,17,18,19). The van der Waals surface area contributed by atoms with Gasteiger partial charge in [0, 0.05) is 17.3 Å². The molecule has 0 fully saturated rings. The van der Waals surface area contributed by atoms with Crippen LogP contribution in [0.4, 0.5) is 11.5 Å². The van der Waals surface area contributed by atoms with Gasteiger partial charge in [-0.3, -0.25) is 9.78 Å². The number of H-pyrrole nitrogens is 1. The maximum Gasteiger partial charge on any atom is 0.267 e. The summed E-state index contributed by atoms with van der Waals surface area (Å²) in [4.78, 5) is 22.4. The maximum atomic E-state index is 11.5. The van der Waals surface area contributed by atoms with Gasteiger partial charge in [0.1, 0.15) is 4.47 Å². The fraction of sp³-hybridized carbons (Fsp3) is 0. The first-order valence-corrected chi connectivity index (χ1v) is 6.39. The van der Waals surface area contributed by atoms with Crippen LogP contribution in [0.1, 0.15) is 0 Å². The first kappa shape index (κ1) is 11.9. The van der Waals surface area contributed by atoms with Crippen molar-refractivity contribution in [3.8, 4) is 0 Å². The summed E-state index contributed by atoms with van der Waals surface area (Å²) in [6, 6.07) is 9.58. The quantitative estimate of drug-likeness (QED) is 0.762. The van der Waals surface area contributed by atoms with E-state index in [1.54, 1.807) is 6.20 Å². The Hall–Kier alpha value is -2.21. The lowest BCUT2D eigenvalue weighted by atomic mass is 10.2. The third-order valence-corrected chi connectivity index (χ3v) is 3.43. The Morgan fingerprint density at radius 1 is 1.16 bits per heavy atom. The molecule has 5 nitrogen and oxygen atoms in total. The van der Waals surface area contributed by atoms with Gasteiger partial charge in [0.15, 0.2) is 5.82 Å². The van der Waals surface area contributed by atoms with Crippen molar-refractivity contribution in [2.24, 2.45) is 0 Å². The van der Waals surface area contributed by atoms with Crippen LogP contribution in [0.3, 0.4) is 0 Å². The number of aromatic amines is 1. The van der Waals surface area contributed by atoms with E-state index >= 15 is 0 Å². The minimum atomic E-state index is -0.226. The van der Waals surface area contributed by atoms with E-state index in [1.165, 1.54) is 6.33 Å². The van der Waals surface area contributed by atoms with Crippen LogP contribution < -0.4 is 10.9 Å². The number of aromatic nitrogens is 3. The normalized spacial score (nSPS) is 10.6. The summed E-state index contributed by atoms with van der Waals surface area (Å²) in [5, 5.41) is 4.11. The summed E-state index contributed by atoms with van der Waals surface area (Å²) < 4.78 is 0.371. The Balaban J connectivity index is 2.11. The van der Waals surface area contributed by atoms with Crippen molar-refractivity contribution in [2.75, 3.05) is 5.32 Å². The van der Waals surface area contributed by atoms with Crippen LogP contribution in [0.2, 0.25) is 0 Å². The van der Waals surface area contributed by atoms with Gasteiger partial charge in [0.2, 0.25) is 0 Å². The van der Waals surface area contributed by atoms with E-state index in [4.69, 9.17) is 0 Å². The molecule has 0 saturated carbocycles. The summed E-state index contributed by atoms with van der Waals surface area (Å²) in [7, 11) is 0. The summed E-state index contributed by atoms with van der Waals surface area (Å²) in [5.74, 6) is 0.472. The molecule has 2 heterocycles. The third-order valence-electron chi connectivity index (χ3n) is 2.70. The van der Waals surface area contributed by atoms with E-state index in [2.05, 4.69) is 36.2 Å². The number of nitrogens with zero attached hydrogens (tertiary/aromatic N) is 2. The average molecular weight is 317 g/mol. The number of pyridine rings is 1. The number of benzene rings is 1. The van der Waals surface area contributed by atoms with Crippen LogP contribution >= 0.6 is 15.9 Å². The molecule has 6 heteroatoms. The van der Waals surface area contributed by atoms with Crippen molar-refractivity contribution in [3.63, 3.8) is 0 Å². The molecule has 0 aliphatic rings. The first-order chi connectivity index (χ1) is 9.25. The molecule has 2 N–H and O–H groups in total. The number of anilines is 2. The van der Waals surface area contributed by atoms with Crippen molar-refractivity contribution in [1.82, 2.24) is 15.0 Å². The summed E-state index contributed by atoms with van der Waals surface area (Å²) >= 11 is 3.22. The molecule has 0 amide bonds. The molecule has 94 valence electrons. The van der Waals surface area contributed by atoms with E-state index in [1.807, 2.05) is 30.3 Å². The van der Waals surface area contributed by atoms with Gasteiger partial charge in [0.05, 0.1) is 11.8 Å². The van der Waals surface area contributed by atoms with Gasteiger partial charge in [-0.2, -0.15) is 0 Å². The van der Waals surface area contributed by atoms with Gasteiger partial charge < -0.3 is 10.3 Å². The minimum absolute atomic E-state index is 0.226. The van der Waals surface area contributed by atoms with E-state index in [9.17, 15) is 4.79 Å². The SMILES string of the molecule is O=c1[nH]cnc(Nc2cccc3ncccc23)c1Br. The number of hydrogen-bond donors (Lipinski definition) is 2. The lowest BCUT2D eigenvalue weighted by Gasteiger charge is -2.09. The van der Waals surface area contributed by atoms with Gasteiger partial charge in [-0.05, 0) is 40.2 Å². The molecule has 0 bridgehead atoms. The van der Waals surface area contributed by atoms with Gasteiger partial charge in [-0.1, -0.05) is 6.07 Å². The molecule has 0 aliphatic carbocycles. The fourth-order valence-corrected chi connectivity index (χ4v) is 2.13. The van der Waals surface area contributed by atoms with Crippen LogP contribution in [0.15, 0.2) is 52.1 Å². The van der Waals surface area contributed by atoms with Crippen molar-refractivity contribution in [2.45, 2.75) is 0 Å². The van der Waals surface area contributed by atoms with Crippen LogP contribution in [-0.4, -0.2) is 15.0 Å². The van der Waals surface area contributed by atoms with E-state index < -0.39 is 0 Å². The molecule has 1 aromatic carbocycles. The zero-order valence-electron chi connectivity index (χ0n) is 9.72. The molecule has 0 aliphatic heterocycles. The second kappa shape index (κ2) is 4.81. The van der Waals surface area contributed by atoms with Crippen LogP contribution in [-0.2, 0) is 0 Å². The van der Waals surface area contributed by atoms with Crippen LogP contribution in [0.25, 0.3) is 10.9 Å². The molecule has 2 aromatic heterocycles. The molecule has 3 rings (SSSR count). The highest BCUT2D eigenvalue weighted by Crippen LogP contribution is 2.26. The molecule has 0 saturated heterocycles. The van der Waals surface area contributed by atoms with Crippen LogP contribution in [0, 0.1) is 0 Å². The first-order valence-electron chi connectivity index (χ1n) is 5.59. The minimum Gasteiger partial charge on any atom is -0.339 e. The van der Waals surface area contributed by atoms with E-state index in [-0.39, 0.29) is 5.56 Å². The van der Waals surface area contributed by atoms with E-state index in [0.717, 1.165) is 16.6 Å². The average Bonchev–Trinajstić information content (AvgIpc) is 2.44. The Morgan fingerprint density at radius 3 is 2.95 bits per heavy atom. The Morgan fingerprint density at radius 2 is 2.05 bits per heavy atom. The van der Waals surface area contributed by atoms with Gasteiger partial charge in [-0.15, -0.1) is 0 Å². The number of fused-ring (bicyclic) bond motifs is 1. The monoisotopic (exact) mass is 316 g/mol. The Bertz CT molecular complexity index is 795. The molecule has 0 radical (unpaired) electrons. The smallest absolute Gasteiger partial charge is 0.267 e. The largest absolute Gasteiger partial charge is 0.339 e. The Kier molecular flexibility index (Phi) is 3.00. The van der Waals surface area contributed by atoms with Gasteiger partial charge >= 0.3 is 0 Å². The topological polar surface area (TPSA) is 70.7 Å². The van der Waals surface area contributed by atoms with Crippen molar-refractivity contribution in [3.05, 3.63) is 57.7 Å². The molecule has 3 aromatic rings. The van der Waals surface area contributed by atoms with Crippen molar-refractivity contribution >= 4 is 38.3 Å². The zero-order valence-corrected chi connectivity index (χ0v) is 11.3. The second-order valence-electron chi connectivity index (χ2n) is 3.89. The molecule has 0 atom stereocenters. The molecule has 19 heavy (non-hydrogen) atoms. The highest BCUT2D eigenvalue weighted by atomic mass is 79.9. The molecule has 0 spiro atoms. The summed E-state index contributed by atoms with van der Waals surface area (Å²) in [5.41, 5.74) is 1.51. The van der Waals surface area contributed by atoms with Gasteiger partial charge in [0.25, 0.3) is 5.56 Å². The summed E-state index contributed by atoms with van der Waals surface area (Å²) in [6.45, 7) is 0. The Labute approximate surface area is 116 Å². The number of halogens is 1. The van der Waals surface area contributed by atoms with Gasteiger partial charge in [-0.25, -0.2) is 4.98 Å². The molecular formula is C13H9BrN4O. The molecular weight excluding hydrogens is 308 g/mol.